The normalized spacial score (nSPS) is 15.9. The van der Waals surface area contributed by atoms with E-state index in [1.54, 1.807) is 0 Å². The highest BCUT2D eigenvalue weighted by Crippen LogP contribution is 2.25. The molecule has 0 aliphatic heterocycles. The Balaban J connectivity index is 1.76. The van der Waals surface area contributed by atoms with Crippen molar-refractivity contribution in [3.63, 3.8) is 0 Å². The van der Waals surface area contributed by atoms with Crippen LogP contribution in [0.5, 0.6) is 0 Å². The molecule has 1 aliphatic carbocycles. The van der Waals surface area contributed by atoms with Gasteiger partial charge in [0, 0.05) is 26.2 Å². The van der Waals surface area contributed by atoms with Gasteiger partial charge >= 0.3 is 0 Å². The van der Waals surface area contributed by atoms with E-state index >= 15 is 0 Å². The molecule has 1 aromatic heterocycles. The molecule has 3 heteroatoms. The molecule has 1 N–H and O–H groups in total. The molecule has 0 radical (unpaired) electrons. The van der Waals surface area contributed by atoms with Gasteiger partial charge in [-0.1, -0.05) is 0 Å². The van der Waals surface area contributed by atoms with Crippen LogP contribution in [0.1, 0.15) is 18.4 Å². The van der Waals surface area contributed by atoms with Gasteiger partial charge in [0.05, 0.1) is 5.00 Å². The Morgan fingerprint density at radius 2 is 2.36 bits per heavy atom. The summed E-state index contributed by atoms with van der Waals surface area (Å²) < 4.78 is 0. The number of hydrogen-bond acceptors (Lipinski definition) is 3. The smallest absolute Gasteiger partial charge is 0.0936 e. The number of aryl methyl sites for hydroxylation is 1. The fraction of sp³-hybridized carbons (Fsp3) is 0.636. The molecule has 1 aromatic rings. The molecule has 0 bridgehead atoms. The minimum atomic E-state index is 0.827. The predicted octanol–water partition coefficient (Wildman–Crippen LogP) is 2.24. The van der Waals surface area contributed by atoms with Crippen molar-refractivity contribution in [2.24, 2.45) is 0 Å². The first-order valence-corrected chi connectivity index (χ1v) is 6.14. The van der Waals surface area contributed by atoms with E-state index in [1.807, 2.05) is 11.3 Å². The molecule has 0 spiro atoms. The van der Waals surface area contributed by atoms with Gasteiger partial charge in [-0.15, -0.1) is 11.3 Å². The first-order valence-electron chi connectivity index (χ1n) is 5.26. The van der Waals surface area contributed by atoms with Crippen LogP contribution < -0.4 is 10.2 Å². The summed E-state index contributed by atoms with van der Waals surface area (Å²) in [7, 11) is 2.17. The van der Waals surface area contributed by atoms with Crippen LogP contribution in [0.2, 0.25) is 0 Å². The maximum Gasteiger partial charge on any atom is 0.0936 e. The zero-order chi connectivity index (χ0) is 9.97. The maximum absolute atomic E-state index is 3.53. The fourth-order valence-electron chi connectivity index (χ4n) is 1.58. The molecule has 1 saturated carbocycles. The first-order chi connectivity index (χ1) is 6.77. The zero-order valence-electron chi connectivity index (χ0n) is 8.92. The second kappa shape index (κ2) is 4.32. The van der Waals surface area contributed by atoms with E-state index < -0.39 is 0 Å². The summed E-state index contributed by atoms with van der Waals surface area (Å²) in [6.45, 7) is 4.40. The van der Waals surface area contributed by atoms with Crippen molar-refractivity contribution in [2.75, 3.05) is 25.0 Å². The molecule has 0 amide bonds. The zero-order valence-corrected chi connectivity index (χ0v) is 9.73. The summed E-state index contributed by atoms with van der Waals surface area (Å²) in [6, 6.07) is 3.01. The Hall–Kier alpha value is -0.540. The molecular weight excluding hydrogens is 192 g/mol. The average molecular weight is 210 g/mol. The summed E-state index contributed by atoms with van der Waals surface area (Å²) in [6.07, 6.45) is 2.75. The van der Waals surface area contributed by atoms with E-state index in [9.17, 15) is 0 Å². The van der Waals surface area contributed by atoms with Crippen LogP contribution in [0, 0.1) is 6.92 Å². The molecule has 1 fully saturated rings. The molecule has 1 heterocycles. The number of thiophene rings is 1. The molecular formula is C11H18N2S. The van der Waals surface area contributed by atoms with Crippen LogP contribution in [-0.2, 0) is 0 Å². The van der Waals surface area contributed by atoms with E-state index in [1.165, 1.54) is 23.4 Å². The third-order valence-corrected chi connectivity index (χ3v) is 3.77. The number of rotatable bonds is 5. The van der Waals surface area contributed by atoms with Crippen LogP contribution in [0.4, 0.5) is 5.00 Å². The molecule has 0 aromatic carbocycles. The molecule has 78 valence electrons. The number of hydrogen-bond donors (Lipinski definition) is 1. The van der Waals surface area contributed by atoms with Crippen molar-refractivity contribution >= 4 is 16.3 Å². The van der Waals surface area contributed by atoms with Gasteiger partial charge in [0.1, 0.15) is 0 Å². The molecule has 2 nitrogen and oxygen atoms in total. The first kappa shape index (κ1) is 9.99. The van der Waals surface area contributed by atoms with Crippen molar-refractivity contribution in [1.29, 1.82) is 0 Å². The Bertz CT molecular complexity index is 291. The van der Waals surface area contributed by atoms with Crippen LogP contribution >= 0.6 is 11.3 Å². The molecule has 1 aliphatic rings. The lowest BCUT2D eigenvalue weighted by atomic mass is 10.3. The lowest BCUT2D eigenvalue weighted by molar-refractivity contribution is 0.676. The lowest BCUT2D eigenvalue weighted by Crippen LogP contribution is -2.30. The average Bonchev–Trinajstić information content (AvgIpc) is 2.87. The standard InChI is InChI=1S/C11H18N2S/c1-9-5-8-14-11(9)13(2)7-6-12-10-3-4-10/h5,8,10,12H,3-4,6-7H2,1-2H3. The Morgan fingerprint density at radius 3 is 2.93 bits per heavy atom. The number of nitrogens with one attached hydrogen (secondary N) is 1. The summed E-state index contributed by atoms with van der Waals surface area (Å²) in [5.41, 5.74) is 1.39. The summed E-state index contributed by atoms with van der Waals surface area (Å²) >= 11 is 1.83. The largest absolute Gasteiger partial charge is 0.365 e. The van der Waals surface area contributed by atoms with E-state index in [2.05, 4.69) is 35.6 Å². The minimum Gasteiger partial charge on any atom is -0.365 e. The topological polar surface area (TPSA) is 15.3 Å². The summed E-state index contributed by atoms with van der Waals surface area (Å²) in [5, 5.41) is 7.10. The molecule has 0 unspecified atom stereocenters. The number of anilines is 1. The van der Waals surface area contributed by atoms with Gasteiger partial charge in [-0.25, -0.2) is 0 Å². The van der Waals surface area contributed by atoms with Crippen molar-refractivity contribution in [1.82, 2.24) is 5.32 Å². The lowest BCUT2D eigenvalue weighted by Gasteiger charge is -2.18. The predicted molar refractivity (Wildman–Crippen MR) is 63.4 cm³/mol. The van der Waals surface area contributed by atoms with Crippen molar-refractivity contribution in [3.8, 4) is 0 Å². The monoisotopic (exact) mass is 210 g/mol. The summed E-state index contributed by atoms with van der Waals surface area (Å²) in [5.74, 6) is 0. The van der Waals surface area contributed by atoms with Crippen LogP contribution in [0.15, 0.2) is 11.4 Å². The van der Waals surface area contributed by atoms with Crippen molar-refractivity contribution in [2.45, 2.75) is 25.8 Å². The van der Waals surface area contributed by atoms with E-state index in [4.69, 9.17) is 0 Å². The van der Waals surface area contributed by atoms with Gasteiger partial charge in [-0.2, -0.15) is 0 Å². The highest BCUT2D eigenvalue weighted by Gasteiger charge is 2.19. The number of nitrogens with zero attached hydrogens (tertiary/aromatic N) is 1. The maximum atomic E-state index is 3.53. The van der Waals surface area contributed by atoms with Gasteiger partial charge in [-0.3, -0.25) is 0 Å². The van der Waals surface area contributed by atoms with Gasteiger partial charge in [0.15, 0.2) is 0 Å². The van der Waals surface area contributed by atoms with Crippen LogP contribution in [0.25, 0.3) is 0 Å². The van der Waals surface area contributed by atoms with Gasteiger partial charge in [0.25, 0.3) is 0 Å². The van der Waals surface area contributed by atoms with E-state index in [0.29, 0.717) is 0 Å². The highest BCUT2D eigenvalue weighted by molar-refractivity contribution is 7.14. The van der Waals surface area contributed by atoms with Crippen molar-refractivity contribution < 1.29 is 0 Å². The van der Waals surface area contributed by atoms with Crippen LogP contribution in [-0.4, -0.2) is 26.2 Å². The van der Waals surface area contributed by atoms with Crippen LogP contribution in [0.3, 0.4) is 0 Å². The Kier molecular flexibility index (Phi) is 3.08. The van der Waals surface area contributed by atoms with E-state index in [0.717, 1.165) is 19.1 Å². The van der Waals surface area contributed by atoms with Gasteiger partial charge in [-0.05, 0) is 36.8 Å². The quantitative estimate of drug-likeness (QED) is 0.802. The minimum absolute atomic E-state index is 0.827. The van der Waals surface area contributed by atoms with Crippen molar-refractivity contribution in [3.05, 3.63) is 17.0 Å². The SMILES string of the molecule is Cc1ccsc1N(C)CCNC1CC1. The van der Waals surface area contributed by atoms with Gasteiger partial charge < -0.3 is 10.2 Å². The second-order valence-electron chi connectivity index (χ2n) is 4.06. The highest BCUT2D eigenvalue weighted by atomic mass is 32.1. The second-order valence-corrected chi connectivity index (χ2v) is 4.95. The molecule has 0 saturated heterocycles. The van der Waals surface area contributed by atoms with E-state index in [-0.39, 0.29) is 0 Å². The Morgan fingerprint density at radius 1 is 1.57 bits per heavy atom. The third kappa shape index (κ3) is 2.49. The fourth-order valence-corrected chi connectivity index (χ4v) is 2.51. The third-order valence-electron chi connectivity index (χ3n) is 2.64. The summed E-state index contributed by atoms with van der Waals surface area (Å²) in [4.78, 5) is 2.34. The molecule has 2 rings (SSSR count). The molecule has 14 heavy (non-hydrogen) atoms. The number of likely N-dealkylation sites (N-methyl/N-ethyl adjacent to an activating group) is 1. The van der Waals surface area contributed by atoms with Gasteiger partial charge in [0.2, 0.25) is 0 Å². The molecule has 0 atom stereocenters. The Labute approximate surface area is 89.9 Å².